The summed E-state index contributed by atoms with van der Waals surface area (Å²) in [6, 6.07) is 0.289. The highest BCUT2D eigenvalue weighted by atomic mass is 16.5. The Morgan fingerprint density at radius 2 is 2.08 bits per heavy atom. The number of nitrogens with zero attached hydrogens (tertiary/aromatic N) is 1. The molecule has 0 bridgehead atoms. The molecule has 0 aromatic rings. The number of ether oxygens (including phenoxy) is 1. The molecule has 3 nitrogen and oxygen atoms in total. The summed E-state index contributed by atoms with van der Waals surface area (Å²) in [7, 11) is 1.44. The van der Waals surface area contributed by atoms with Gasteiger partial charge in [0, 0.05) is 6.04 Å². The highest BCUT2D eigenvalue weighted by Crippen LogP contribution is 2.05. The Hall–Kier alpha value is -0.570. The molecular formula is C10H21NO2. The molecule has 0 amide bonds. The van der Waals surface area contributed by atoms with Crippen LogP contribution in [0.25, 0.3) is 0 Å². The summed E-state index contributed by atoms with van der Waals surface area (Å²) in [5.41, 5.74) is 0. The van der Waals surface area contributed by atoms with Crippen molar-refractivity contribution in [3.8, 4) is 0 Å². The molecule has 0 saturated carbocycles. The van der Waals surface area contributed by atoms with E-state index in [1.54, 1.807) is 0 Å². The first-order chi connectivity index (χ1) is 6.15. The maximum atomic E-state index is 11.0. The van der Waals surface area contributed by atoms with E-state index in [1.807, 2.05) is 0 Å². The van der Waals surface area contributed by atoms with E-state index in [4.69, 9.17) is 0 Å². The van der Waals surface area contributed by atoms with Crippen molar-refractivity contribution in [3.63, 3.8) is 0 Å². The summed E-state index contributed by atoms with van der Waals surface area (Å²) < 4.78 is 4.63. The Morgan fingerprint density at radius 3 is 2.46 bits per heavy atom. The van der Waals surface area contributed by atoms with Crippen molar-refractivity contribution in [1.82, 2.24) is 4.90 Å². The van der Waals surface area contributed by atoms with E-state index < -0.39 is 0 Å². The third-order valence-electron chi connectivity index (χ3n) is 2.23. The number of hydrogen-bond donors (Lipinski definition) is 0. The molecule has 0 aliphatic carbocycles. The summed E-state index contributed by atoms with van der Waals surface area (Å²) in [5, 5.41) is 0. The lowest BCUT2D eigenvalue weighted by atomic mass is 10.2. The van der Waals surface area contributed by atoms with Crippen LogP contribution in [0.3, 0.4) is 0 Å². The summed E-state index contributed by atoms with van der Waals surface area (Å²) in [6.07, 6.45) is 1.61. The topological polar surface area (TPSA) is 29.5 Å². The van der Waals surface area contributed by atoms with Gasteiger partial charge in [-0.1, -0.05) is 13.8 Å². The minimum atomic E-state index is -0.123. The third kappa shape index (κ3) is 4.88. The molecule has 78 valence electrons. The second kappa shape index (κ2) is 6.89. The average Bonchev–Trinajstić information content (AvgIpc) is 2.13. The molecule has 13 heavy (non-hydrogen) atoms. The van der Waals surface area contributed by atoms with Crippen molar-refractivity contribution in [2.45, 2.75) is 39.7 Å². The van der Waals surface area contributed by atoms with E-state index in [-0.39, 0.29) is 12.0 Å². The minimum Gasteiger partial charge on any atom is -0.469 e. The van der Waals surface area contributed by atoms with Crippen molar-refractivity contribution in [2.75, 3.05) is 20.2 Å². The zero-order valence-electron chi connectivity index (χ0n) is 9.17. The van der Waals surface area contributed by atoms with E-state index in [0.717, 1.165) is 19.5 Å². The van der Waals surface area contributed by atoms with Gasteiger partial charge >= 0.3 is 5.97 Å². The van der Waals surface area contributed by atoms with Gasteiger partial charge in [0.2, 0.25) is 0 Å². The third-order valence-corrected chi connectivity index (χ3v) is 2.23. The molecule has 0 saturated heterocycles. The molecule has 0 N–H and O–H groups in total. The van der Waals surface area contributed by atoms with Crippen LogP contribution >= 0.6 is 0 Å². The first-order valence-corrected chi connectivity index (χ1v) is 4.96. The van der Waals surface area contributed by atoms with Crippen LogP contribution in [-0.2, 0) is 9.53 Å². The Kier molecular flexibility index (Phi) is 6.59. The fourth-order valence-electron chi connectivity index (χ4n) is 1.43. The lowest BCUT2D eigenvalue weighted by Gasteiger charge is -2.26. The molecule has 0 radical (unpaired) electrons. The highest BCUT2D eigenvalue weighted by Gasteiger charge is 2.14. The van der Waals surface area contributed by atoms with Crippen molar-refractivity contribution >= 4 is 5.97 Å². The van der Waals surface area contributed by atoms with Gasteiger partial charge < -0.3 is 9.64 Å². The number of carbonyl (C=O) groups excluding carboxylic acids is 1. The Balaban J connectivity index is 3.89. The van der Waals surface area contributed by atoms with Crippen LogP contribution in [0, 0.1) is 0 Å². The van der Waals surface area contributed by atoms with Crippen molar-refractivity contribution in [1.29, 1.82) is 0 Å². The van der Waals surface area contributed by atoms with Gasteiger partial charge in [-0.3, -0.25) is 4.79 Å². The van der Waals surface area contributed by atoms with Gasteiger partial charge in [-0.25, -0.2) is 0 Å². The van der Waals surface area contributed by atoms with Gasteiger partial charge in [0.05, 0.1) is 13.5 Å². The minimum absolute atomic E-state index is 0.123. The molecule has 0 fully saturated rings. The molecule has 0 aromatic carbocycles. The first-order valence-electron chi connectivity index (χ1n) is 4.96. The zero-order chi connectivity index (χ0) is 10.3. The molecule has 0 aliphatic heterocycles. The van der Waals surface area contributed by atoms with Crippen molar-refractivity contribution in [2.24, 2.45) is 0 Å². The first kappa shape index (κ1) is 12.4. The summed E-state index contributed by atoms with van der Waals surface area (Å²) in [5.74, 6) is -0.123. The van der Waals surface area contributed by atoms with Gasteiger partial charge in [0.15, 0.2) is 0 Å². The van der Waals surface area contributed by atoms with E-state index in [9.17, 15) is 4.79 Å². The predicted molar refractivity (Wildman–Crippen MR) is 53.6 cm³/mol. The lowest BCUT2D eigenvalue weighted by Crippen LogP contribution is -2.35. The lowest BCUT2D eigenvalue weighted by molar-refractivity contribution is -0.141. The molecule has 0 aromatic heterocycles. The smallest absolute Gasteiger partial charge is 0.307 e. The fraction of sp³-hybridized carbons (Fsp3) is 0.900. The predicted octanol–water partition coefficient (Wildman–Crippen LogP) is 1.67. The molecular weight excluding hydrogens is 166 g/mol. The van der Waals surface area contributed by atoms with Gasteiger partial charge in [0.25, 0.3) is 0 Å². The molecule has 1 unspecified atom stereocenters. The molecule has 0 heterocycles. The highest BCUT2D eigenvalue weighted by molar-refractivity contribution is 5.69. The average molecular weight is 187 g/mol. The van der Waals surface area contributed by atoms with Crippen LogP contribution in [0.1, 0.15) is 33.6 Å². The SMILES string of the molecule is CCCN(CC)C(C)CC(=O)OC. The zero-order valence-corrected chi connectivity index (χ0v) is 9.17. The van der Waals surface area contributed by atoms with E-state index in [2.05, 4.69) is 30.4 Å². The number of hydrogen-bond acceptors (Lipinski definition) is 3. The van der Waals surface area contributed by atoms with Crippen LogP contribution in [0.4, 0.5) is 0 Å². The number of carbonyl (C=O) groups is 1. The summed E-state index contributed by atoms with van der Waals surface area (Å²) >= 11 is 0. The Bertz CT molecular complexity index is 148. The molecule has 3 heteroatoms. The Morgan fingerprint density at radius 1 is 1.46 bits per heavy atom. The summed E-state index contributed by atoms with van der Waals surface area (Å²) in [6.45, 7) is 8.37. The van der Waals surface area contributed by atoms with Crippen molar-refractivity contribution in [3.05, 3.63) is 0 Å². The van der Waals surface area contributed by atoms with Gasteiger partial charge in [-0.05, 0) is 26.4 Å². The van der Waals surface area contributed by atoms with Crippen LogP contribution in [0.5, 0.6) is 0 Å². The molecule has 0 spiro atoms. The van der Waals surface area contributed by atoms with E-state index in [0.29, 0.717) is 6.42 Å². The van der Waals surface area contributed by atoms with Crippen LogP contribution < -0.4 is 0 Å². The van der Waals surface area contributed by atoms with Gasteiger partial charge in [0.1, 0.15) is 0 Å². The van der Waals surface area contributed by atoms with Crippen LogP contribution in [0.15, 0.2) is 0 Å². The van der Waals surface area contributed by atoms with Crippen LogP contribution in [-0.4, -0.2) is 37.1 Å². The number of methoxy groups -OCH3 is 1. The molecule has 0 aliphatic rings. The molecule has 1 atom stereocenters. The second-order valence-corrected chi connectivity index (χ2v) is 3.26. The quantitative estimate of drug-likeness (QED) is 0.592. The standard InChI is InChI=1S/C10H21NO2/c1-5-7-11(6-2)9(3)8-10(12)13-4/h9H,5-8H2,1-4H3. The van der Waals surface area contributed by atoms with Crippen molar-refractivity contribution < 1.29 is 9.53 Å². The largest absolute Gasteiger partial charge is 0.469 e. The van der Waals surface area contributed by atoms with Crippen LogP contribution in [0.2, 0.25) is 0 Å². The number of rotatable bonds is 6. The number of esters is 1. The van der Waals surface area contributed by atoms with Gasteiger partial charge in [-0.2, -0.15) is 0 Å². The Labute approximate surface area is 81.1 Å². The van der Waals surface area contributed by atoms with Gasteiger partial charge in [-0.15, -0.1) is 0 Å². The maximum Gasteiger partial charge on any atom is 0.307 e. The second-order valence-electron chi connectivity index (χ2n) is 3.26. The normalized spacial score (nSPS) is 13.0. The molecule has 0 rings (SSSR count). The van der Waals surface area contributed by atoms with E-state index >= 15 is 0 Å². The summed E-state index contributed by atoms with van der Waals surface area (Å²) in [4.78, 5) is 13.3. The monoisotopic (exact) mass is 187 g/mol. The van der Waals surface area contributed by atoms with E-state index in [1.165, 1.54) is 7.11 Å². The fourth-order valence-corrected chi connectivity index (χ4v) is 1.43. The maximum absolute atomic E-state index is 11.0.